The van der Waals surface area contributed by atoms with Gasteiger partial charge in [0.2, 0.25) is 0 Å². The quantitative estimate of drug-likeness (QED) is 0.374. The maximum atomic E-state index is 3.46. The van der Waals surface area contributed by atoms with Gasteiger partial charge in [0.1, 0.15) is 0 Å². The Labute approximate surface area is 50.3 Å². The molecule has 0 aromatic carbocycles. The Morgan fingerprint density at radius 1 is 1.50 bits per heavy atom. The molecular weight excluding hydrogens is 135 g/mol. The average Bonchev–Trinajstić information content (AvgIpc) is 1.41. The van der Waals surface area contributed by atoms with Crippen LogP contribution < -0.4 is 0 Å². The SMILES string of the molecule is C=CC=CC.[AsH3]. The van der Waals surface area contributed by atoms with Crippen molar-refractivity contribution in [3.63, 3.8) is 0 Å². The fourth-order valence-corrected chi connectivity index (χ4v) is 0.136. The molecule has 0 aliphatic rings. The molecule has 0 amide bonds. The van der Waals surface area contributed by atoms with Gasteiger partial charge in [-0.25, -0.2) is 0 Å². The molecule has 0 heterocycles. The minimum absolute atomic E-state index is 0. The van der Waals surface area contributed by atoms with Crippen LogP contribution in [-0.4, -0.2) is 18.0 Å². The summed E-state index contributed by atoms with van der Waals surface area (Å²) in [6.45, 7) is 5.42. The first-order chi connectivity index (χ1) is 2.41. The minimum atomic E-state index is 0. The normalized spacial score (nSPS) is 7.50. The summed E-state index contributed by atoms with van der Waals surface area (Å²) >= 11 is 0. The topological polar surface area (TPSA) is 0 Å². The molecular formula is C5H11As. The fourth-order valence-electron chi connectivity index (χ4n) is 0.136. The number of hydrogen-bond donors (Lipinski definition) is 0. The van der Waals surface area contributed by atoms with E-state index in [2.05, 4.69) is 6.58 Å². The summed E-state index contributed by atoms with van der Waals surface area (Å²) in [7, 11) is 0. The Morgan fingerprint density at radius 3 is 2.00 bits per heavy atom. The van der Waals surface area contributed by atoms with Gasteiger partial charge in [0.25, 0.3) is 0 Å². The molecule has 0 spiro atoms. The van der Waals surface area contributed by atoms with E-state index in [0.717, 1.165) is 0 Å². The fraction of sp³-hybridized carbons (Fsp3) is 0.200. The molecule has 0 aromatic rings. The third kappa shape index (κ3) is 8.97. The van der Waals surface area contributed by atoms with E-state index in [4.69, 9.17) is 0 Å². The summed E-state index contributed by atoms with van der Waals surface area (Å²) in [6.07, 6.45) is 5.58. The van der Waals surface area contributed by atoms with Gasteiger partial charge in [-0.15, -0.1) is 0 Å². The first-order valence-electron chi connectivity index (χ1n) is 1.65. The Balaban J connectivity index is 0. The van der Waals surface area contributed by atoms with Crippen molar-refractivity contribution >= 4 is 18.0 Å². The van der Waals surface area contributed by atoms with E-state index in [9.17, 15) is 0 Å². The van der Waals surface area contributed by atoms with Gasteiger partial charge in [0, 0.05) is 0 Å². The maximum absolute atomic E-state index is 3.46. The molecule has 0 rings (SSSR count). The molecule has 36 valence electrons. The first kappa shape index (κ1) is 9.40. The molecule has 0 radical (unpaired) electrons. The van der Waals surface area contributed by atoms with Crippen LogP contribution in [0.2, 0.25) is 0 Å². The van der Waals surface area contributed by atoms with Crippen LogP contribution in [0.15, 0.2) is 24.8 Å². The van der Waals surface area contributed by atoms with E-state index in [1.165, 1.54) is 0 Å². The van der Waals surface area contributed by atoms with Crippen molar-refractivity contribution in [2.45, 2.75) is 6.92 Å². The van der Waals surface area contributed by atoms with E-state index in [1.54, 1.807) is 6.08 Å². The molecule has 1 unspecified atom stereocenters. The summed E-state index contributed by atoms with van der Waals surface area (Å²) in [5.74, 6) is 0. The summed E-state index contributed by atoms with van der Waals surface area (Å²) in [5, 5.41) is 0. The van der Waals surface area contributed by atoms with Gasteiger partial charge >= 0.3 is 18.0 Å². The molecule has 0 N–H and O–H groups in total. The summed E-state index contributed by atoms with van der Waals surface area (Å²) in [6, 6.07) is 0. The molecule has 0 nitrogen and oxygen atoms in total. The monoisotopic (exact) mass is 146 g/mol. The second-order valence-corrected chi connectivity index (χ2v) is 0.761. The van der Waals surface area contributed by atoms with E-state index < -0.39 is 0 Å². The Bertz CT molecular complexity index is 45.9. The van der Waals surface area contributed by atoms with Crippen LogP contribution in [0, 0.1) is 0 Å². The molecule has 0 bridgehead atoms. The summed E-state index contributed by atoms with van der Waals surface area (Å²) in [5.41, 5.74) is 0. The third-order valence-corrected chi connectivity index (χ3v) is 0.329. The zero-order valence-corrected chi connectivity index (χ0v) is 7.11. The van der Waals surface area contributed by atoms with Crippen LogP contribution in [0.1, 0.15) is 6.92 Å². The molecule has 0 saturated carbocycles. The second kappa shape index (κ2) is 8.90. The number of rotatable bonds is 1. The van der Waals surface area contributed by atoms with Crippen molar-refractivity contribution in [2.24, 2.45) is 0 Å². The Kier molecular flexibility index (Phi) is 13.9. The van der Waals surface area contributed by atoms with Gasteiger partial charge in [-0.05, 0) is 6.92 Å². The van der Waals surface area contributed by atoms with Crippen LogP contribution in [-0.2, 0) is 0 Å². The standard InChI is InChI=1S/C5H8.AsH3/c1-3-5-4-2;/h3-5H,1H2,2H3;1H3. The Hall–Kier alpha value is 0.0384. The predicted molar refractivity (Wildman–Crippen MR) is 34.9 cm³/mol. The van der Waals surface area contributed by atoms with E-state index >= 15 is 0 Å². The summed E-state index contributed by atoms with van der Waals surface area (Å²) in [4.78, 5) is 0. The molecule has 6 heavy (non-hydrogen) atoms. The third-order valence-electron chi connectivity index (χ3n) is 0.329. The number of hydrogen-bond acceptors (Lipinski definition) is 0. The molecule has 1 heteroatoms. The van der Waals surface area contributed by atoms with Gasteiger partial charge in [-0.2, -0.15) is 0 Å². The molecule has 0 saturated heterocycles. The van der Waals surface area contributed by atoms with Gasteiger partial charge in [0.05, 0.1) is 0 Å². The van der Waals surface area contributed by atoms with Crippen molar-refractivity contribution in [1.82, 2.24) is 0 Å². The van der Waals surface area contributed by atoms with Gasteiger partial charge in [-0.3, -0.25) is 0 Å². The predicted octanol–water partition coefficient (Wildman–Crippen LogP) is 0.565. The van der Waals surface area contributed by atoms with Gasteiger partial charge in [-0.1, -0.05) is 24.8 Å². The van der Waals surface area contributed by atoms with Crippen LogP contribution in [0.3, 0.4) is 0 Å². The number of allylic oxidation sites excluding steroid dienone is 3. The van der Waals surface area contributed by atoms with Gasteiger partial charge in [0.15, 0.2) is 0 Å². The Morgan fingerprint density at radius 2 is 2.00 bits per heavy atom. The molecule has 0 aliphatic carbocycles. The van der Waals surface area contributed by atoms with Crippen LogP contribution >= 0.6 is 0 Å². The molecule has 0 aromatic heterocycles. The van der Waals surface area contributed by atoms with Crippen molar-refractivity contribution in [1.29, 1.82) is 0 Å². The van der Waals surface area contributed by atoms with E-state index in [-0.39, 0.29) is 18.0 Å². The zero-order chi connectivity index (χ0) is 4.12. The van der Waals surface area contributed by atoms with Gasteiger partial charge < -0.3 is 0 Å². The van der Waals surface area contributed by atoms with Crippen molar-refractivity contribution in [3.8, 4) is 0 Å². The van der Waals surface area contributed by atoms with Crippen LogP contribution in [0.5, 0.6) is 0 Å². The van der Waals surface area contributed by atoms with E-state index in [1.807, 2.05) is 19.1 Å². The van der Waals surface area contributed by atoms with Crippen LogP contribution in [0.25, 0.3) is 0 Å². The molecule has 0 aliphatic heterocycles. The average molecular weight is 146 g/mol. The molecule has 0 fully saturated rings. The van der Waals surface area contributed by atoms with Crippen molar-refractivity contribution in [3.05, 3.63) is 24.8 Å². The van der Waals surface area contributed by atoms with Crippen LogP contribution in [0.4, 0.5) is 0 Å². The van der Waals surface area contributed by atoms with E-state index in [0.29, 0.717) is 0 Å². The van der Waals surface area contributed by atoms with Crippen molar-refractivity contribution in [2.75, 3.05) is 0 Å². The zero-order valence-electron chi connectivity index (χ0n) is 4.15. The first-order valence-corrected chi connectivity index (χ1v) is 1.65. The summed E-state index contributed by atoms with van der Waals surface area (Å²) < 4.78 is 0. The van der Waals surface area contributed by atoms with Crippen molar-refractivity contribution < 1.29 is 0 Å². The molecule has 1 atom stereocenters. The second-order valence-electron chi connectivity index (χ2n) is 0.761.